The molecule has 0 aliphatic rings. The van der Waals surface area contributed by atoms with Crippen LogP contribution in [0.4, 0.5) is 11.4 Å². The number of aryl methyl sites for hydroxylation is 1. The molecule has 2 aromatic carbocycles. The van der Waals surface area contributed by atoms with Crippen molar-refractivity contribution in [1.82, 2.24) is 0 Å². The minimum atomic E-state index is -0.225. The first-order valence-electron chi connectivity index (χ1n) is 7.29. The van der Waals surface area contributed by atoms with Gasteiger partial charge in [-0.1, -0.05) is 18.2 Å². The molecule has 0 atom stereocenters. The number of amides is 1. The van der Waals surface area contributed by atoms with Crippen LogP contribution in [0, 0.1) is 36.5 Å². The van der Waals surface area contributed by atoms with E-state index in [0.29, 0.717) is 11.3 Å². The molecule has 0 fully saturated rings. The number of anilines is 2. The van der Waals surface area contributed by atoms with E-state index in [1.54, 1.807) is 36.4 Å². The SMILES string of the molecule is Cc1cccc(NC(=O)c2cccc(NC=C(C#N)C#N)c2)c1C. The largest absolute Gasteiger partial charge is 0.360 e. The van der Waals surface area contributed by atoms with Crippen LogP contribution in [0.2, 0.25) is 0 Å². The van der Waals surface area contributed by atoms with Crippen molar-refractivity contribution in [3.05, 3.63) is 70.9 Å². The Bertz CT molecular complexity index is 869. The summed E-state index contributed by atoms with van der Waals surface area (Å²) in [6.45, 7) is 3.95. The fourth-order valence-corrected chi connectivity index (χ4v) is 2.08. The summed E-state index contributed by atoms with van der Waals surface area (Å²) < 4.78 is 0. The number of hydrogen-bond acceptors (Lipinski definition) is 4. The van der Waals surface area contributed by atoms with Crippen molar-refractivity contribution in [1.29, 1.82) is 10.5 Å². The molecule has 5 nitrogen and oxygen atoms in total. The third-order valence-corrected chi connectivity index (χ3v) is 3.60. The molecule has 0 aliphatic heterocycles. The second-order valence-electron chi connectivity index (χ2n) is 5.21. The summed E-state index contributed by atoms with van der Waals surface area (Å²) in [5.74, 6) is -0.225. The molecule has 0 heterocycles. The highest BCUT2D eigenvalue weighted by atomic mass is 16.1. The molecule has 2 N–H and O–H groups in total. The van der Waals surface area contributed by atoms with E-state index in [-0.39, 0.29) is 11.5 Å². The molecule has 0 aliphatic carbocycles. The molecule has 2 rings (SSSR count). The first kappa shape index (κ1) is 16.8. The lowest BCUT2D eigenvalue weighted by atomic mass is 10.1. The standard InChI is InChI=1S/C19H16N4O/c1-13-5-3-8-18(14(13)2)23-19(24)16-6-4-7-17(9-16)22-12-15(10-20)11-21/h3-9,12,22H,1-2H3,(H,23,24). The Labute approximate surface area is 140 Å². The van der Waals surface area contributed by atoms with Gasteiger partial charge in [0.05, 0.1) is 0 Å². The zero-order valence-corrected chi connectivity index (χ0v) is 13.4. The molecule has 0 spiro atoms. The van der Waals surface area contributed by atoms with Crippen LogP contribution in [-0.2, 0) is 0 Å². The van der Waals surface area contributed by atoms with E-state index < -0.39 is 0 Å². The van der Waals surface area contributed by atoms with Crippen molar-refractivity contribution >= 4 is 17.3 Å². The molecular weight excluding hydrogens is 300 g/mol. The van der Waals surface area contributed by atoms with Crippen molar-refractivity contribution in [2.24, 2.45) is 0 Å². The molecule has 118 valence electrons. The highest BCUT2D eigenvalue weighted by molar-refractivity contribution is 6.05. The molecule has 0 saturated carbocycles. The first-order chi connectivity index (χ1) is 11.5. The predicted octanol–water partition coefficient (Wildman–Crippen LogP) is 3.90. The van der Waals surface area contributed by atoms with E-state index in [4.69, 9.17) is 10.5 Å². The minimum Gasteiger partial charge on any atom is -0.360 e. The van der Waals surface area contributed by atoms with E-state index in [9.17, 15) is 4.79 Å². The molecule has 24 heavy (non-hydrogen) atoms. The highest BCUT2D eigenvalue weighted by Crippen LogP contribution is 2.19. The van der Waals surface area contributed by atoms with Crippen molar-refractivity contribution < 1.29 is 4.79 Å². The van der Waals surface area contributed by atoms with Gasteiger partial charge in [0.2, 0.25) is 0 Å². The van der Waals surface area contributed by atoms with Crippen LogP contribution in [-0.4, -0.2) is 5.91 Å². The van der Waals surface area contributed by atoms with Gasteiger partial charge in [0.1, 0.15) is 17.7 Å². The molecule has 5 heteroatoms. The number of nitrogens with zero attached hydrogens (tertiary/aromatic N) is 2. The Morgan fingerprint density at radius 2 is 1.79 bits per heavy atom. The molecular formula is C19H16N4O. The Morgan fingerprint density at radius 1 is 1.08 bits per heavy atom. The Balaban J connectivity index is 2.18. The molecule has 0 bridgehead atoms. The lowest BCUT2D eigenvalue weighted by Gasteiger charge is -2.11. The van der Waals surface area contributed by atoms with Crippen molar-refractivity contribution in [3.8, 4) is 12.1 Å². The van der Waals surface area contributed by atoms with Gasteiger partial charge in [0.25, 0.3) is 5.91 Å². The predicted molar refractivity (Wildman–Crippen MR) is 93.2 cm³/mol. The van der Waals surface area contributed by atoms with Gasteiger partial charge in [-0.25, -0.2) is 0 Å². The number of nitrogens with one attached hydrogen (secondary N) is 2. The second-order valence-corrected chi connectivity index (χ2v) is 5.21. The van der Waals surface area contributed by atoms with Gasteiger partial charge >= 0.3 is 0 Å². The van der Waals surface area contributed by atoms with Gasteiger partial charge in [-0.3, -0.25) is 4.79 Å². The highest BCUT2D eigenvalue weighted by Gasteiger charge is 2.09. The van der Waals surface area contributed by atoms with E-state index in [1.165, 1.54) is 6.20 Å². The van der Waals surface area contributed by atoms with Crippen LogP contribution < -0.4 is 10.6 Å². The van der Waals surface area contributed by atoms with Crippen LogP contribution in [0.15, 0.2) is 54.2 Å². The quantitative estimate of drug-likeness (QED) is 0.837. The maximum Gasteiger partial charge on any atom is 0.255 e. The average molecular weight is 316 g/mol. The lowest BCUT2D eigenvalue weighted by molar-refractivity contribution is 0.102. The van der Waals surface area contributed by atoms with E-state index in [0.717, 1.165) is 16.8 Å². The van der Waals surface area contributed by atoms with E-state index in [1.807, 2.05) is 32.0 Å². The van der Waals surface area contributed by atoms with Crippen LogP contribution in [0.1, 0.15) is 21.5 Å². The summed E-state index contributed by atoms with van der Waals surface area (Å²) in [6, 6.07) is 16.1. The van der Waals surface area contributed by atoms with Crippen molar-refractivity contribution in [2.45, 2.75) is 13.8 Å². The van der Waals surface area contributed by atoms with Crippen LogP contribution >= 0.6 is 0 Å². The number of nitriles is 2. The lowest BCUT2D eigenvalue weighted by Crippen LogP contribution is -2.13. The van der Waals surface area contributed by atoms with Gasteiger partial charge in [0.15, 0.2) is 0 Å². The normalized spacial score (nSPS) is 9.33. The third kappa shape index (κ3) is 4.00. The Morgan fingerprint density at radius 3 is 2.50 bits per heavy atom. The van der Waals surface area contributed by atoms with Crippen LogP contribution in [0.3, 0.4) is 0 Å². The van der Waals surface area contributed by atoms with Crippen molar-refractivity contribution in [2.75, 3.05) is 10.6 Å². The van der Waals surface area contributed by atoms with Crippen molar-refractivity contribution in [3.63, 3.8) is 0 Å². The summed E-state index contributed by atoms with van der Waals surface area (Å²) in [5.41, 5.74) is 3.95. The van der Waals surface area contributed by atoms with Gasteiger partial charge in [0, 0.05) is 23.1 Å². The van der Waals surface area contributed by atoms with Gasteiger partial charge in [-0.2, -0.15) is 10.5 Å². The molecule has 0 saturated heterocycles. The summed E-state index contributed by atoms with van der Waals surface area (Å²) in [6.07, 6.45) is 1.31. The summed E-state index contributed by atoms with van der Waals surface area (Å²) in [4.78, 5) is 12.4. The fraction of sp³-hybridized carbons (Fsp3) is 0.105. The second kappa shape index (κ2) is 7.62. The summed E-state index contributed by atoms with van der Waals surface area (Å²) in [5, 5.41) is 23.2. The third-order valence-electron chi connectivity index (χ3n) is 3.60. The zero-order chi connectivity index (χ0) is 17.5. The van der Waals surface area contributed by atoms with Crippen LogP contribution in [0.5, 0.6) is 0 Å². The average Bonchev–Trinajstić information content (AvgIpc) is 2.60. The first-order valence-corrected chi connectivity index (χ1v) is 7.29. The number of carbonyl (C=O) groups excluding carboxylic acids is 1. The fourth-order valence-electron chi connectivity index (χ4n) is 2.08. The van der Waals surface area contributed by atoms with E-state index >= 15 is 0 Å². The van der Waals surface area contributed by atoms with Gasteiger partial charge < -0.3 is 10.6 Å². The molecule has 2 aromatic rings. The maximum atomic E-state index is 12.4. The molecule has 1 amide bonds. The number of hydrogen-bond donors (Lipinski definition) is 2. The topological polar surface area (TPSA) is 88.7 Å². The van der Waals surface area contributed by atoms with E-state index in [2.05, 4.69) is 10.6 Å². The number of rotatable bonds is 4. The smallest absolute Gasteiger partial charge is 0.255 e. The summed E-state index contributed by atoms with van der Waals surface area (Å²) in [7, 11) is 0. The summed E-state index contributed by atoms with van der Waals surface area (Å²) >= 11 is 0. The minimum absolute atomic E-state index is 0.0414. The Kier molecular flexibility index (Phi) is 5.33. The molecule has 0 aromatic heterocycles. The molecule has 0 unspecified atom stereocenters. The number of carbonyl (C=O) groups is 1. The molecule has 0 radical (unpaired) electrons. The van der Waals surface area contributed by atoms with Gasteiger partial charge in [-0.05, 0) is 49.2 Å². The monoisotopic (exact) mass is 316 g/mol. The Hall–Kier alpha value is -3.57. The number of benzene rings is 2. The zero-order valence-electron chi connectivity index (χ0n) is 13.4. The number of allylic oxidation sites excluding steroid dienone is 1. The van der Waals surface area contributed by atoms with Gasteiger partial charge in [-0.15, -0.1) is 0 Å². The maximum absolute atomic E-state index is 12.4. The van der Waals surface area contributed by atoms with Crippen LogP contribution in [0.25, 0.3) is 0 Å².